The molecule has 0 bridgehead atoms. The maximum atomic E-state index is 14.9. The molecule has 0 fully saturated rings. The van der Waals surface area contributed by atoms with Crippen LogP contribution in [0.3, 0.4) is 0 Å². The molecule has 2 atom stereocenters. The van der Waals surface area contributed by atoms with Crippen LogP contribution in [0, 0.1) is 23.0 Å². The van der Waals surface area contributed by atoms with Gasteiger partial charge in [-0.05, 0) is 29.0 Å². The Kier molecular flexibility index (Phi) is 5.80. The quantitative estimate of drug-likeness (QED) is 0.350. The molecule has 0 unspecified atom stereocenters. The maximum absolute atomic E-state index is 14.9. The Morgan fingerprint density at radius 3 is 2.89 bits per heavy atom. The third-order valence-electron chi connectivity index (χ3n) is 6.44. The van der Waals surface area contributed by atoms with Crippen LogP contribution < -0.4 is 9.36 Å². The summed E-state index contributed by atoms with van der Waals surface area (Å²) in [5.74, 6) is -0.240. The number of nitriles is 1. The molecule has 10 nitrogen and oxygen atoms in total. The van der Waals surface area contributed by atoms with Gasteiger partial charge in [-0.2, -0.15) is 24.8 Å². The number of fused-ring (bicyclic) bond motifs is 1. The Labute approximate surface area is 199 Å². The van der Waals surface area contributed by atoms with Crippen LogP contribution in [-0.4, -0.2) is 47.7 Å². The first-order valence-electron chi connectivity index (χ1n) is 11.0. The van der Waals surface area contributed by atoms with E-state index in [-0.39, 0.29) is 12.1 Å². The van der Waals surface area contributed by atoms with Crippen LogP contribution in [0.2, 0.25) is 0 Å². The fourth-order valence-corrected chi connectivity index (χ4v) is 4.48. The van der Waals surface area contributed by atoms with Gasteiger partial charge in [0.05, 0.1) is 11.1 Å². The van der Waals surface area contributed by atoms with Gasteiger partial charge in [-0.15, -0.1) is 0 Å². The molecule has 5 rings (SSSR count). The lowest BCUT2D eigenvalue weighted by molar-refractivity contribution is -0.768. The average Bonchev–Trinajstić information content (AvgIpc) is 3.52. The van der Waals surface area contributed by atoms with Crippen LogP contribution in [0.5, 0.6) is 0 Å². The van der Waals surface area contributed by atoms with E-state index < -0.39 is 23.3 Å². The van der Waals surface area contributed by atoms with Crippen LogP contribution in [0.15, 0.2) is 49.3 Å². The molecule has 0 saturated carbocycles. The van der Waals surface area contributed by atoms with E-state index in [1.54, 1.807) is 16.9 Å². The molecule has 4 heterocycles. The fraction of sp³-hybridized carbons (Fsp3) is 0.304. The van der Waals surface area contributed by atoms with Crippen LogP contribution in [0.1, 0.15) is 23.9 Å². The van der Waals surface area contributed by atoms with E-state index >= 15 is 0 Å². The van der Waals surface area contributed by atoms with Gasteiger partial charge in [-0.25, -0.2) is 8.78 Å². The second-order valence-corrected chi connectivity index (χ2v) is 8.56. The number of nitrogens with one attached hydrogen (secondary N) is 2. The Hall–Kier alpha value is -4.08. The SMILES string of the molecule is C[C@@H](N1CC[n+]2[nH]c(-c3cncc(C#N)c3)nc2C1)[C@](O)(C[n+]1cnc[nH]1)c1ccc(F)cc1F. The summed E-state index contributed by atoms with van der Waals surface area (Å²) in [4.78, 5) is 14.7. The molecule has 0 amide bonds. The molecule has 0 radical (unpaired) electrons. The van der Waals surface area contributed by atoms with E-state index in [0.717, 1.165) is 18.0 Å². The third-order valence-corrected chi connectivity index (χ3v) is 6.44. The van der Waals surface area contributed by atoms with Crippen molar-refractivity contribution in [1.29, 1.82) is 5.26 Å². The van der Waals surface area contributed by atoms with Crippen molar-refractivity contribution in [2.75, 3.05) is 6.54 Å². The zero-order chi connectivity index (χ0) is 24.6. The van der Waals surface area contributed by atoms with E-state index in [0.29, 0.717) is 36.6 Å². The summed E-state index contributed by atoms with van der Waals surface area (Å²) < 4.78 is 32.0. The highest BCUT2D eigenvalue weighted by atomic mass is 19.1. The number of halogens is 2. The molecule has 1 aliphatic rings. The minimum absolute atomic E-state index is 0.00550. The van der Waals surface area contributed by atoms with Crippen molar-refractivity contribution < 1.29 is 23.3 Å². The van der Waals surface area contributed by atoms with Crippen molar-refractivity contribution >= 4 is 0 Å². The van der Waals surface area contributed by atoms with E-state index in [2.05, 4.69) is 31.2 Å². The second-order valence-electron chi connectivity index (χ2n) is 8.56. The number of nitrogens with zero attached hydrogens (tertiary/aromatic N) is 7. The van der Waals surface area contributed by atoms with Crippen LogP contribution in [0.4, 0.5) is 8.78 Å². The summed E-state index contributed by atoms with van der Waals surface area (Å²) in [6, 6.07) is 6.40. The van der Waals surface area contributed by atoms with Gasteiger partial charge >= 0.3 is 12.2 Å². The summed E-state index contributed by atoms with van der Waals surface area (Å²) in [6.45, 7) is 3.27. The lowest BCUT2D eigenvalue weighted by Gasteiger charge is -2.40. The summed E-state index contributed by atoms with van der Waals surface area (Å²) in [7, 11) is 0. The minimum Gasteiger partial charge on any atom is -0.379 e. The summed E-state index contributed by atoms with van der Waals surface area (Å²) in [5.41, 5.74) is -0.596. The number of hydrogen-bond donors (Lipinski definition) is 3. The number of aliphatic hydroxyl groups is 1. The molecule has 4 aromatic rings. The highest BCUT2D eigenvalue weighted by Gasteiger charge is 2.45. The molecule has 0 spiro atoms. The topological polar surface area (TPSA) is 125 Å². The maximum Gasteiger partial charge on any atom is 0.333 e. The highest BCUT2D eigenvalue weighted by Crippen LogP contribution is 2.32. The largest absolute Gasteiger partial charge is 0.379 e. The van der Waals surface area contributed by atoms with Crippen molar-refractivity contribution in [3.8, 4) is 17.5 Å². The van der Waals surface area contributed by atoms with Crippen LogP contribution >= 0.6 is 0 Å². The van der Waals surface area contributed by atoms with Gasteiger partial charge in [0, 0.05) is 36.6 Å². The lowest BCUT2D eigenvalue weighted by atomic mass is 9.85. The molecule has 3 aromatic heterocycles. The molecule has 178 valence electrons. The number of rotatable bonds is 6. The molecule has 12 heteroatoms. The highest BCUT2D eigenvalue weighted by molar-refractivity contribution is 5.55. The van der Waals surface area contributed by atoms with Gasteiger partial charge < -0.3 is 5.11 Å². The molecule has 3 N–H and O–H groups in total. The molecule has 1 aromatic carbocycles. The van der Waals surface area contributed by atoms with Crippen LogP contribution in [0.25, 0.3) is 11.4 Å². The zero-order valence-electron chi connectivity index (χ0n) is 18.9. The van der Waals surface area contributed by atoms with E-state index in [1.807, 2.05) is 16.5 Å². The molecule has 35 heavy (non-hydrogen) atoms. The van der Waals surface area contributed by atoms with E-state index in [9.17, 15) is 13.9 Å². The minimum atomic E-state index is -1.71. The standard InChI is InChI=1S/C23H21F2N9O/c1-15(23(35,12-33-14-28-13-29-33)19-3-2-18(24)7-20(19)25)32-4-5-34-21(11-32)30-22(31-34)17-6-16(8-26)9-27-10-17/h2-3,6-7,9-10,13-15,35H,4-5,11-12H2,1H3/p+2/t15-,23-/m1/s1. The first kappa shape index (κ1) is 22.7. The van der Waals surface area contributed by atoms with Crippen molar-refractivity contribution in [1.82, 2.24) is 30.0 Å². The van der Waals surface area contributed by atoms with Crippen molar-refractivity contribution in [2.24, 2.45) is 0 Å². The monoisotopic (exact) mass is 479 g/mol. The van der Waals surface area contributed by atoms with Crippen LogP contribution in [-0.2, 0) is 25.2 Å². The van der Waals surface area contributed by atoms with Crippen molar-refractivity contribution in [2.45, 2.75) is 38.2 Å². The molecule has 0 saturated heterocycles. The first-order valence-corrected chi connectivity index (χ1v) is 11.0. The first-order chi connectivity index (χ1) is 16.9. The van der Waals surface area contributed by atoms with Gasteiger partial charge in [0.15, 0.2) is 0 Å². The number of aromatic amines is 2. The van der Waals surface area contributed by atoms with E-state index in [1.165, 1.54) is 24.9 Å². The Bertz CT molecular complexity index is 1400. The Morgan fingerprint density at radius 2 is 2.14 bits per heavy atom. The van der Waals surface area contributed by atoms with E-state index in [4.69, 9.17) is 5.26 Å². The van der Waals surface area contributed by atoms with Gasteiger partial charge in [0.25, 0.3) is 5.82 Å². The molecular formula is C23H23F2N9O+2. The normalized spacial score (nSPS) is 16.3. The lowest BCUT2D eigenvalue weighted by Crippen LogP contribution is -2.61. The predicted octanol–water partition coefficient (Wildman–Crippen LogP) is 0.712. The Balaban J connectivity index is 1.46. The summed E-state index contributed by atoms with van der Waals surface area (Å²) in [5, 5.41) is 27.1. The van der Waals surface area contributed by atoms with Gasteiger partial charge in [0.1, 0.15) is 42.9 Å². The smallest absolute Gasteiger partial charge is 0.333 e. The molecule has 1 aliphatic heterocycles. The number of aromatic nitrogens is 7. The third kappa shape index (κ3) is 4.27. The fourth-order valence-electron chi connectivity index (χ4n) is 4.48. The van der Waals surface area contributed by atoms with Crippen molar-refractivity contribution in [3.63, 3.8) is 0 Å². The number of benzene rings is 1. The number of hydrogen-bond acceptors (Lipinski definition) is 6. The van der Waals surface area contributed by atoms with Gasteiger partial charge in [-0.3, -0.25) is 9.88 Å². The van der Waals surface area contributed by atoms with Gasteiger partial charge in [-0.1, -0.05) is 6.07 Å². The molecular weight excluding hydrogens is 456 g/mol. The van der Waals surface area contributed by atoms with Crippen molar-refractivity contribution in [3.05, 3.63) is 77.9 Å². The molecule has 0 aliphatic carbocycles. The average molecular weight is 479 g/mol. The summed E-state index contributed by atoms with van der Waals surface area (Å²) >= 11 is 0. The number of pyridine rings is 1. The summed E-state index contributed by atoms with van der Waals surface area (Å²) in [6.07, 6.45) is 6.06. The van der Waals surface area contributed by atoms with Gasteiger partial charge in [0.2, 0.25) is 6.33 Å². The Morgan fingerprint density at radius 1 is 1.29 bits per heavy atom. The second kappa shape index (κ2) is 8.94. The predicted molar refractivity (Wildman–Crippen MR) is 116 cm³/mol. The zero-order valence-corrected chi connectivity index (χ0v) is 18.9. The number of H-pyrrole nitrogens is 2.